The summed E-state index contributed by atoms with van der Waals surface area (Å²) in [5, 5.41) is 9.98. The summed E-state index contributed by atoms with van der Waals surface area (Å²) in [6.45, 7) is 3.85. The van der Waals surface area contributed by atoms with Gasteiger partial charge in [0.05, 0.1) is 11.4 Å². The minimum Gasteiger partial charge on any atom is -0.365 e. The second-order valence-electron chi connectivity index (χ2n) is 4.66. The predicted molar refractivity (Wildman–Crippen MR) is 83.5 cm³/mol. The third kappa shape index (κ3) is 4.22. The quantitative estimate of drug-likeness (QED) is 0.859. The topological polar surface area (TPSA) is 84.5 Å². The first kappa shape index (κ1) is 15.3. The number of primary sulfonamides is 1. The lowest BCUT2D eigenvalue weighted by atomic mass is 10.1. The van der Waals surface area contributed by atoms with Crippen LogP contribution in [0.25, 0.3) is 0 Å². The molecule has 3 N–H and O–H groups in total. The monoisotopic (exact) mass is 313 g/mol. The normalized spacial score (nSPS) is 18.9. The molecule has 1 heterocycles. The van der Waals surface area contributed by atoms with Gasteiger partial charge in [-0.3, -0.25) is 4.99 Å². The number of nitrogens with two attached hydrogens (primary N) is 1. The molecule has 1 aliphatic heterocycles. The highest BCUT2D eigenvalue weighted by molar-refractivity contribution is 8.14. The zero-order valence-electron chi connectivity index (χ0n) is 11.4. The van der Waals surface area contributed by atoms with E-state index in [0.29, 0.717) is 5.25 Å². The van der Waals surface area contributed by atoms with E-state index < -0.39 is 10.0 Å². The fourth-order valence-corrected chi connectivity index (χ4v) is 3.37. The summed E-state index contributed by atoms with van der Waals surface area (Å²) in [5.41, 5.74) is 1.07. The number of benzene rings is 1. The van der Waals surface area contributed by atoms with Crippen molar-refractivity contribution >= 4 is 27.0 Å². The fraction of sp³-hybridized carbons (Fsp3) is 0.462. The highest BCUT2D eigenvalue weighted by atomic mass is 32.2. The number of nitrogens with zero attached hydrogens (tertiary/aromatic N) is 1. The van der Waals surface area contributed by atoms with E-state index in [0.717, 1.165) is 36.7 Å². The number of nitrogens with one attached hydrogen (secondary N) is 1. The zero-order chi connectivity index (χ0) is 14.6. The summed E-state index contributed by atoms with van der Waals surface area (Å²) in [4.78, 5) is 4.59. The summed E-state index contributed by atoms with van der Waals surface area (Å²) < 4.78 is 22.3. The van der Waals surface area contributed by atoms with Crippen molar-refractivity contribution in [3.8, 4) is 0 Å². The molecular formula is C13H19N3O2S2. The standard InChI is InChI=1S/C13H19N3O2S2/c1-2-11-9-16-13(19-11)15-8-7-10-3-5-12(6-4-10)20(14,17)18/h3-6,11H,2,7-9H2,1H3,(H,15,16)(H2,14,17,18). The van der Waals surface area contributed by atoms with Crippen LogP contribution >= 0.6 is 11.8 Å². The van der Waals surface area contributed by atoms with E-state index in [1.165, 1.54) is 0 Å². The Hall–Kier alpha value is -1.05. The van der Waals surface area contributed by atoms with Crippen molar-refractivity contribution in [1.29, 1.82) is 0 Å². The Labute approximate surface area is 124 Å². The number of rotatable bonds is 5. The molecule has 1 aromatic carbocycles. The number of sulfonamides is 1. The van der Waals surface area contributed by atoms with Crippen molar-refractivity contribution in [2.45, 2.75) is 29.9 Å². The van der Waals surface area contributed by atoms with E-state index in [-0.39, 0.29) is 4.90 Å². The highest BCUT2D eigenvalue weighted by Crippen LogP contribution is 2.21. The van der Waals surface area contributed by atoms with Crippen LogP contribution in [0.1, 0.15) is 18.9 Å². The first-order valence-electron chi connectivity index (χ1n) is 6.55. The van der Waals surface area contributed by atoms with Gasteiger partial charge in [0.25, 0.3) is 0 Å². The molecule has 0 aliphatic carbocycles. The Bertz CT molecular complexity index is 582. The Morgan fingerprint density at radius 3 is 2.65 bits per heavy atom. The van der Waals surface area contributed by atoms with Crippen molar-refractivity contribution in [3.63, 3.8) is 0 Å². The van der Waals surface area contributed by atoms with E-state index in [9.17, 15) is 8.42 Å². The van der Waals surface area contributed by atoms with Crippen molar-refractivity contribution in [2.75, 3.05) is 13.1 Å². The minimum atomic E-state index is -3.60. The predicted octanol–water partition coefficient (Wildman–Crippen LogP) is 1.35. The lowest BCUT2D eigenvalue weighted by molar-refractivity contribution is 0.598. The second kappa shape index (κ2) is 6.60. The third-order valence-corrected chi connectivity index (χ3v) is 5.36. The number of hydrogen-bond donors (Lipinski definition) is 2. The molecule has 0 bridgehead atoms. The SMILES string of the molecule is CCC1CN=C(NCCc2ccc(S(N)(=O)=O)cc2)S1. The largest absolute Gasteiger partial charge is 0.365 e. The molecule has 1 unspecified atom stereocenters. The molecule has 0 amide bonds. The molecule has 0 saturated heterocycles. The first-order chi connectivity index (χ1) is 9.49. The molecule has 20 heavy (non-hydrogen) atoms. The van der Waals surface area contributed by atoms with Crippen LogP contribution in [0, 0.1) is 0 Å². The average Bonchev–Trinajstić information content (AvgIpc) is 2.86. The third-order valence-electron chi connectivity index (χ3n) is 3.11. The van der Waals surface area contributed by atoms with E-state index in [1.807, 2.05) is 0 Å². The number of amidine groups is 1. The van der Waals surface area contributed by atoms with Crippen LogP contribution in [0.3, 0.4) is 0 Å². The Morgan fingerprint density at radius 2 is 2.10 bits per heavy atom. The van der Waals surface area contributed by atoms with Gasteiger partial charge in [0.2, 0.25) is 10.0 Å². The lowest BCUT2D eigenvalue weighted by Gasteiger charge is -2.07. The number of aliphatic imine (C=N–C) groups is 1. The maximum atomic E-state index is 11.1. The molecule has 0 aromatic heterocycles. The molecule has 1 atom stereocenters. The maximum Gasteiger partial charge on any atom is 0.238 e. The van der Waals surface area contributed by atoms with Crippen LogP contribution in [-0.4, -0.2) is 31.9 Å². The van der Waals surface area contributed by atoms with Crippen LogP contribution in [0.4, 0.5) is 0 Å². The zero-order valence-corrected chi connectivity index (χ0v) is 13.0. The number of hydrogen-bond acceptors (Lipinski definition) is 5. The van der Waals surface area contributed by atoms with Crippen molar-refractivity contribution in [2.24, 2.45) is 10.1 Å². The molecule has 0 spiro atoms. The van der Waals surface area contributed by atoms with Gasteiger partial charge in [-0.05, 0) is 30.5 Å². The summed E-state index contributed by atoms with van der Waals surface area (Å²) in [6.07, 6.45) is 1.95. The molecule has 1 aromatic rings. The average molecular weight is 313 g/mol. The Balaban J connectivity index is 1.80. The van der Waals surface area contributed by atoms with Gasteiger partial charge in [-0.15, -0.1) is 0 Å². The fourth-order valence-electron chi connectivity index (χ4n) is 1.89. The van der Waals surface area contributed by atoms with Gasteiger partial charge in [0.15, 0.2) is 5.17 Å². The minimum absolute atomic E-state index is 0.149. The highest BCUT2D eigenvalue weighted by Gasteiger charge is 2.16. The van der Waals surface area contributed by atoms with E-state index in [1.54, 1.807) is 36.0 Å². The van der Waals surface area contributed by atoms with Crippen LogP contribution in [0.15, 0.2) is 34.2 Å². The van der Waals surface area contributed by atoms with Crippen LogP contribution in [0.5, 0.6) is 0 Å². The molecule has 7 heteroatoms. The van der Waals surface area contributed by atoms with Crippen LogP contribution in [0.2, 0.25) is 0 Å². The summed E-state index contributed by atoms with van der Waals surface area (Å²) in [7, 11) is -3.60. The molecule has 110 valence electrons. The van der Waals surface area contributed by atoms with Gasteiger partial charge in [0, 0.05) is 11.8 Å². The van der Waals surface area contributed by atoms with Gasteiger partial charge >= 0.3 is 0 Å². The summed E-state index contributed by atoms with van der Waals surface area (Å²) in [5.74, 6) is 0. The second-order valence-corrected chi connectivity index (χ2v) is 7.51. The van der Waals surface area contributed by atoms with Gasteiger partial charge < -0.3 is 5.32 Å². The van der Waals surface area contributed by atoms with E-state index >= 15 is 0 Å². The van der Waals surface area contributed by atoms with E-state index in [4.69, 9.17) is 5.14 Å². The smallest absolute Gasteiger partial charge is 0.238 e. The maximum absolute atomic E-state index is 11.1. The summed E-state index contributed by atoms with van der Waals surface area (Å²) >= 11 is 1.79. The molecule has 2 rings (SSSR count). The van der Waals surface area contributed by atoms with Gasteiger partial charge in [-0.2, -0.15) is 0 Å². The van der Waals surface area contributed by atoms with Gasteiger partial charge in [0.1, 0.15) is 0 Å². The summed E-state index contributed by atoms with van der Waals surface area (Å²) in [6, 6.07) is 6.67. The number of thioether (sulfide) groups is 1. The Morgan fingerprint density at radius 1 is 1.40 bits per heavy atom. The van der Waals surface area contributed by atoms with Gasteiger partial charge in [-0.1, -0.05) is 30.8 Å². The van der Waals surface area contributed by atoms with E-state index in [2.05, 4.69) is 17.2 Å². The molecular weight excluding hydrogens is 294 g/mol. The van der Waals surface area contributed by atoms with Crippen LogP contribution < -0.4 is 10.5 Å². The molecule has 0 saturated carbocycles. The molecule has 0 radical (unpaired) electrons. The van der Waals surface area contributed by atoms with Crippen molar-refractivity contribution in [1.82, 2.24) is 5.32 Å². The Kier molecular flexibility index (Phi) is 5.06. The molecule has 1 aliphatic rings. The van der Waals surface area contributed by atoms with Gasteiger partial charge in [-0.25, -0.2) is 13.6 Å². The lowest BCUT2D eigenvalue weighted by Crippen LogP contribution is -2.22. The molecule has 5 nitrogen and oxygen atoms in total. The van der Waals surface area contributed by atoms with Crippen molar-refractivity contribution in [3.05, 3.63) is 29.8 Å². The van der Waals surface area contributed by atoms with Crippen molar-refractivity contribution < 1.29 is 8.42 Å². The first-order valence-corrected chi connectivity index (χ1v) is 8.98. The van der Waals surface area contributed by atoms with Crippen LogP contribution in [-0.2, 0) is 16.4 Å². The molecule has 0 fully saturated rings.